The fourth-order valence-electron chi connectivity index (χ4n) is 2.18. The summed E-state index contributed by atoms with van der Waals surface area (Å²) in [6, 6.07) is 7.53. The third-order valence-electron chi connectivity index (χ3n) is 3.43. The molecule has 2 aromatic rings. The summed E-state index contributed by atoms with van der Waals surface area (Å²) >= 11 is 0. The van der Waals surface area contributed by atoms with Crippen molar-refractivity contribution in [2.24, 2.45) is 0 Å². The van der Waals surface area contributed by atoms with Crippen LogP contribution in [0.4, 0.5) is 4.39 Å². The van der Waals surface area contributed by atoms with Crippen LogP contribution >= 0.6 is 0 Å². The van der Waals surface area contributed by atoms with Gasteiger partial charge < -0.3 is 14.7 Å². The van der Waals surface area contributed by atoms with E-state index in [2.05, 4.69) is 9.97 Å². The van der Waals surface area contributed by atoms with Gasteiger partial charge in [-0.3, -0.25) is 4.79 Å². The third kappa shape index (κ3) is 3.13. The lowest BCUT2D eigenvalue weighted by atomic mass is 10.2. The average molecular weight is 315 g/mol. The lowest BCUT2D eigenvalue weighted by Crippen LogP contribution is -2.21. The van der Waals surface area contributed by atoms with Gasteiger partial charge in [-0.15, -0.1) is 0 Å². The number of hydrogen-bond donors (Lipinski definition) is 1. The molecule has 7 heteroatoms. The second kappa shape index (κ2) is 6.04. The number of aromatic nitrogens is 2. The normalized spacial score (nSPS) is 14.5. The second-order valence-electron chi connectivity index (χ2n) is 5.12. The molecule has 1 aromatic heterocycles. The molecule has 1 amide bonds. The Morgan fingerprint density at radius 2 is 2.04 bits per heavy atom. The predicted molar refractivity (Wildman–Crippen MR) is 79.9 cm³/mol. The highest BCUT2D eigenvalue weighted by molar-refractivity contribution is 6.02. The van der Waals surface area contributed by atoms with Crippen LogP contribution in [0.5, 0.6) is 5.88 Å². The first kappa shape index (κ1) is 15.0. The maximum Gasteiger partial charge on any atom is 0.289 e. The molecule has 23 heavy (non-hydrogen) atoms. The fraction of sp³-hybridized carbons (Fsp3) is 0.188. The van der Waals surface area contributed by atoms with Gasteiger partial charge in [0.1, 0.15) is 12.4 Å². The molecule has 0 fully saturated rings. The van der Waals surface area contributed by atoms with Gasteiger partial charge in [-0.05, 0) is 17.7 Å². The highest BCUT2D eigenvalue weighted by Gasteiger charge is 2.29. The molecule has 0 unspecified atom stereocenters. The van der Waals surface area contributed by atoms with Gasteiger partial charge in [-0.2, -0.15) is 4.98 Å². The molecule has 2 heterocycles. The van der Waals surface area contributed by atoms with E-state index < -0.39 is 5.91 Å². The van der Waals surface area contributed by atoms with Gasteiger partial charge in [0.25, 0.3) is 5.91 Å². The van der Waals surface area contributed by atoms with E-state index in [0.717, 1.165) is 5.56 Å². The van der Waals surface area contributed by atoms with Crippen molar-refractivity contribution in [3.8, 4) is 5.88 Å². The fourth-order valence-corrected chi connectivity index (χ4v) is 2.18. The average Bonchev–Trinajstić information content (AvgIpc) is 2.82. The number of hydrogen-bond acceptors (Lipinski definition) is 5. The third-order valence-corrected chi connectivity index (χ3v) is 3.43. The molecule has 0 saturated heterocycles. The maximum absolute atomic E-state index is 12.9. The molecule has 0 saturated carbocycles. The zero-order chi connectivity index (χ0) is 16.4. The molecule has 0 atom stereocenters. The Balaban J connectivity index is 1.75. The summed E-state index contributed by atoms with van der Waals surface area (Å²) in [7, 11) is 1.58. The number of ether oxygens (including phenoxy) is 1. The van der Waals surface area contributed by atoms with Gasteiger partial charge in [0, 0.05) is 19.3 Å². The van der Waals surface area contributed by atoms with Gasteiger partial charge in [-0.1, -0.05) is 12.1 Å². The van der Waals surface area contributed by atoms with Crippen LogP contribution in [0.3, 0.4) is 0 Å². The highest BCUT2D eigenvalue weighted by Crippen LogP contribution is 2.24. The first-order valence-corrected chi connectivity index (χ1v) is 6.93. The molecule has 1 aliphatic heterocycles. The number of carbonyl (C=O) groups is 1. The molecule has 1 N–H and O–H groups in total. The molecule has 6 nitrogen and oxygen atoms in total. The van der Waals surface area contributed by atoms with Crippen LogP contribution in [0.15, 0.2) is 42.3 Å². The summed E-state index contributed by atoms with van der Waals surface area (Å²) in [5.41, 5.74) is 1.16. The molecule has 118 valence electrons. The van der Waals surface area contributed by atoms with Crippen molar-refractivity contribution in [2.45, 2.75) is 6.61 Å². The lowest BCUT2D eigenvalue weighted by molar-refractivity contribution is -0.126. The van der Waals surface area contributed by atoms with E-state index in [-0.39, 0.29) is 30.6 Å². The molecule has 1 aromatic carbocycles. The number of aliphatic hydroxyl groups is 1. The molecule has 0 aliphatic carbocycles. The van der Waals surface area contributed by atoms with E-state index in [1.54, 1.807) is 25.2 Å². The van der Waals surface area contributed by atoms with E-state index in [0.29, 0.717) is 11.5 Å². The predicted octanol–water partition coefficient (Wildman–Crippen LogP) is 1.94. The monoisotopic (exact) mass is 315 g/mol. The SMILES string of the molecule is CN1CC(c2nccc(OCc3ccc(F)cc3)n2)=C(O)C1=O. The summed E-state index contributed by atoms with van der Waals surface area (Å²) in [6.45, 7) is 0.465. The molecule has 3 rings (SSSR count). The molecule has 0 radical (unpaired) electrons. The zero-order valence-electron chi connectivity index (χ0n) is 12.4. The standard InChI is InChI=1S/C16H14FN3O3/c1-20-8-12(14(21)16(20)22)15-18-7-6-13(19-15)23-9-10-2-4-11(17)5-3-10/h2-7,21H,8-9H2,1H3. The summed E-state index contributed by atoms with van der Waals surface area (Å²) < 4.78 is 18.4. The van der Waals surface area contributed by atoms with Crippen molar-refractivity contribution in [1.29, 1.82) is 0 Å². The Hall–Kier alpha value is -2.96. The number of aliphatic hydroxyl groups excluding tert-OH is 1. The summed E-state index contributed by atoms with van der Waals surface area (Å²) in [5.74, 6) is -0.557. The van der Waals surface area contributed by atoms with Crippen LogP contribution in [0.2, 0.25) is 0 Å². The number of nitrogens with zero attached hydrogens (tertiary/aromatic N) is 3. The maximum atomic E-state index is 12.9. The van der Waals surface area contributed by atoms with Gasteiger partial charge >= 0.3 is 0 Å². The molecular formula is C16H14FN3O3. The Morgan fingerprint density at radius 3 is 2.70 bits per heavy atom. The molecule has 0 bridgehead atoms. The number of carbonyl (C=O) groups excluding carboxylic acids is 1. The first-order valence-electron chi connectivity index (χ1n) is 6.93. The Labute approximate surface area is 131 Å². The van der Waals surface area contributed by atoms with Gasteiger partial charge in [0.2, 0.25) is 5.88 Å². The van der Waals surface area contributed by atoms with Crippen molar-refractivity contribution in [3.63, 3.8) is 0 Å². The first-order chi connectivity index (χ1) is 11.0. The number of rotatable bonds is 4. The molecular weight excluding hydrogens is 301 g/mol. The quantitative estimate of drug-likeness (QED) is 0.933. The van der Waals surface area contributed by atoms with E-state index in [1.165, 1.54) is 23.2 Å². The summed E-state index contributed by atoms with van der Waals surface area (Å²) in [5, 5.41) is 9.84. The van der Waals surface area contributed by atoms with Crippen LogP contribution in [0, 0.1) is 5.82 Å². The summed E-state index contributed by atoms with van der Waals surface area (Å²) in [4.78, 5) is 21.3. The van der Waals surface area contributed by atoms with Crippen LogP contribution in [-0.2, 0) is 11.4 Å². The van der Waals surface area contributed by atoms with Gasteiger partial charge in [-0.25, -0.2) is 9.37 Å². The van der Waals surface area contributed by atoms with Crippen molar-refractivity contribution in [3.05, 3.63) is 59.5 Å². The van der Waals surface area contributed by atoms with Gasteiger partial charge in [0.15, 0.2) is 11.6 Å². The smallest absolute Gasteiger partial charge is 0.289 e. The van der Waals surface area contributed by atoms with Crippen LogP contribution < -0.4 is 4.74 Å². The number of benzene rings is 1. The van der Waals surface area contributed by atoms with Crippen LogP contribution in [0.1, 0.15) is 11.4 Å². The van der Waals surface area contributed by atoms with Crippen molar-refractivity contribution < 1.29 is 19.0 Å². The van der Waals surface area contributed by atoms with Crippen molar-refractivity contribution in [1.82, 2.24) is 14.9 Å². The minimum atomic E-state index is -0.457. The van der Waals surface area contributed by atoms with E-state index in [1.807, 2.05) is 0 Å². The Morgan fingerprint density at radius 1 is 1.30 bits per heavy atom. The van der Waals surface area contributed by atoms with Gasteiger partial charge in [0.05, 0.1) is 12.1 Å². The van der Waals surface area contributed by atoms with E-state index >= 15 is 0 Å². The number of amides is 1. The van der Waals surface area contributed by atoms with Crippen LogP contribution in [0.25, 0.3) is 5.57 Å². The van der Waals surface area contributed by atoms with E-state index in [4.69, 9.17) is 4.74 Å². The number of likely N-dealkylation sites (N-methyl/N-ethyl adjacent to an activating group) is 1. The second-order valence-corrected chi connectivity index (χ2v) is 5.12. The minimum absolute atomic E-state index is 0.223. The largest absolute Gasteiger partial charge is 0.503 e. The minimum Gasteiger partial charge on any atom is -0.503 e. The van der Waals surface area contributed by atoms with E-state index in [9.17, 15) is 14.3 Å². The number of halogens is 1. The lowest BCUT2D eigenvalue weighted by Gasteiger charge is -2.08. The molecule has 0 spiro atoms. The topological polar surface area (TPSA) is 75.6 Å². The Bertz CT molecular complexity index is 774. The highest BCUT2D eigenvalue weighted by atomic mass is 19.1. The molecule has 1 aliphatic rings. The van der Waals surface area contributed by atoms with Crippen LogP contribution in [-0.4, -0.2) is 39.5 Å². The van der Waals surface area contributed by atoms with Crippen molar-refractivity contribution >= 4 is 11.5 Å². The summed E-state index contributed by atoms with van der Waals surface area (Å²) in [6.07, 6.45) is 1.49. The Kier molecular flexibility index (Phi) is 3.92. The van der Waals surface area contributed by atoms with Crippen molar-refractivity contribution in [2.75, 3.05) is 13.6 Å². The zero-order valence-corrected chi connectivity index (χ0v) is 12.4.